The first-order valence-electron chi connectivity index (χ1n) is 20.3. The van der Waals surface area contributed by atoms with Crippen LogP contribution in [0.1, 0.15) is 108 Å². The van der Waals surface area contributed by atoms with E-state index in [9.17, 15) is 20.1 Å². The summed E-state index contributed by atoms with van der Waals surface area (Å²) in [6.07, 6.45) is 13.2. The molecule has 0 amide bonds. The van der Waals surface area contributed by atoms with Gasteiger partial charge in [0, 0.05) is 50.7 Å². The van der Waals surface area contributed by atoms with Crippen LogP contribution in [0.4, 0.5) is 0 Å². The number of aromatic nitrogens is 2. The number of carbonyl (C=O) groups excluding carboxylic acids is 1. The molecule has 0 saturated carbocycles. The fourth-order valence-corrected chi connectivity index (χ4v) is 9.19. The lowest BCUT2D eigenvalue weighted by Crippen LogP contribution is -2.50. The number of fused-ring (bicyclic) bond motifs is 9. The van der Waals surface area contributed by atoms with Crippen LogP contribution in [0.15, 0.2) is 57.3 Å². The van der Waals surface area contributed by atoms with Crippen LogP contribution in [-0.4, -0.2) is 106 Å². The molecule has 13 atom stereocenters. The molecule has 14 heteroatoms. The van der Waals surface area contributed by atoms with E-state index in [1.165, 1.54) is 12.3 Å². The second-order valence-electron chi connectivity index (χ2n) is 16.6. The zero-order valence-corrected chi connectivity index (χ0v) is 33.4. The molecule has 0 unspecified atom stereocenters. The summed E-state index contributed by atoms with van der Waals surface area (Å²) in [5.74, 6) is -1.72. The molecule has 0 spiro atoms. The highest BCUT2D eigenvalue weighted by molar-refractivity contribution is 5.82. The lowest BCUT2D eigenvalue weighted by Gasteiger charge is -2.44. The number of hydrogen-bond acceptors (Lipinski definition) is 14. The number of rotatable bonds is 6. The third-order valence-corrected chi connectivity index (χ3v) is 12.0. The predicted molar refractivity (Wildman–Crippen MR) is 206 cm³/mol. The van der Waals surface area contributed by atoms with E-state index < -0.39 is 42.3 Å². The van der Waals surface area contributed by atoms with E-state index in [0.29, 0.717) is 68.6 Å². The highest BCUT2D eigenvalue weighted by Gasteiger charge is 2.45. The van der Waals surface area contributed by atoms with E-state index >= 15 is 0 Å². The number of aliphatic hydroxyl groups excluding tert-OH is 2. The third kappa shape index (κ3) is 10.4. The summed E-state index contributed by atoms with van der Waals surface area (Å²) in [5.41, 5.74) is 3.11. The fraction of sp³-hybridized carbons (Fsp3) is 0.651. The van der Waals surface area contributed by atoms with Crippen LogP contribution < -0.4 is 0 Å². The topological polar surface area (TPSA) is 185 Å². The zero-order chi connectivity index (χ0) is 40.3. The molecule has 4 saturated heterocycles. The molecule has 14 nitrogen and oxygen atoms in total. The van der Waals surface area contributed by atoms with Crippen molar-refractivity contribution in [3.8, 4) is 0 Å². The van der Waals surface area contributed by atoms with Crippen LogP contribution >= 0.6 is 0 Å². The standard InChI is InChI=1S/C43H58N2O12/c1-24-12-30-8-6-11-40(48)56-42-26(3)36(9-7-10-38-45-35(23-52-38)37-16-29(47)15-32(54-37)17-31(13-24)53-30)55-41(27(42)4)25(2)14-28-22-51-39(44-28)20-43(49)19-33(50-5)18-34(21-46)57-43/h6-7,10-11,14,22-23,26-27,29-34,36-37,41-42,46-47,49H,1,8-9,12-13,15-21H2,2-5H3/b10-7+,11-6-,25-14+/t26-,27-,29+,30-,31+,32-,33+,34+,36+,37+,41-,42-,43-/m0/s1. The molecular weight excluding hydrogens is 736 g/mol. The second-order valence-corrected chi connectivity index (χ2v) is 16.6. The van der Waals surface area contributed by atoms with Gasteiger partial charge in [-0.3, -0.25) is 0 Å². The van der Waals surface area contributed by atoms with Gasteiger partial charge in [0.2, 0.25) is 5.89 Å². The number of methoxy groups -OCH3 is 1. The van der Waals surface area contributed by atoms with Crippen molar-refractivity contribution in [1.82, 2.24) is 9.97 Å². The van der Waals surface area contributed by atoms with Gasteiger partial charge in [-0.1, -0.05) is 38.2 Å². The first-order chi connectivity index (χ1) is 27.4. The molecule has 3 N–H and O–H groups in total. The lowest BCUT2D eigenvalue weighted by molar-refractivity contribution is -0.280. The Labute approximate surface area is 333 Å². The minimum Gasteiger partial charge on any atom is -0.458 e. The van der Waals surface area contributed by atoms with Crippen molar-refractivity contribution in [2.24, 2.45) is 11.8 Å². The Balaban J connectivity index is 1.11. The molecule has 7 rings (SSSR count). The Kier molecular flexibility index (Phi) is 13.3. The van der Waals surface area contributed by atoms with E-state index in [-0.39, 0.29) is 67.7 Å². The van der Waals surface area contributed by atoms with Gasteiger partial charge in [-0.05, 0) is 56.8 Å². The van der Waals surface area contributed by atoms with Gasteiger partial charge in [-0.15, -0.1) is 0 Å². The number of ether oxygens (including phenoxy) is 6. The number of hydrogen-bond donors (Lipinski definition) is 3. The molecule has 312 valence electrons. The molecule has 0 aliphatic carbocycles. The number of aliphatic hydroxyl groups is 3. The fourth-order valence-electron chi connectivity index (χ4n) is 9.19. The van der Waals surface area contributed by atoms with E-state index in [1.807, 2.05) is 39.0 Å². The second kappa shape index (κ2) is 18.2. The van der Waals surface area contributed by atoms with Gasteiger partial charge in [0.1, 0.15) is 36.1 Å². The molecule has 2 aromatic rings. The first kappa shape index (κ1) is 41.7. The lowest BCUT2D eigenvalue weighted by atomic mass is 9.79. The van der Waals surface area contributed by atoms with Crippen LogP contribution in [0.3, 0.4) is 0 Å². The summed E-state index contributed by atoms with van der Waals surface area (Å²) >= 11 is 0. The maximum absolute atomic E-state index is 13.4. The summed E-state index contributed by atoms with van der Waals surface area (Å²) in [7, 11) is 1.57. The first-order valence-corrected chi connectivity index (χ1v) is 20.3. The van der Waals surface area contributed by atoms with Gasteiger partial charge < -0.3 is 52.6 Å². The summed E-state index contributed by atoms with van der Waals surface area (Å²) in [4.78, 5) is 22.7. The zero-order valence-electron chi connectivity index (χ0n) is 33.4. The summed E-state index contributed by atoms with van der Waals surface area (Å²) in [6, 6.07) is 0. The van der Waals surface area contributed by atoms with E-state index in [0.717, 1.165) is 11.1 Å². The smallest absolute Gasteiger partial charge is 0.330 e. The largest absolute Gasteiger partial charge is 0.458 e. The number of oxazole rings is 2. The number of esters is 1. The third-order valence-electron chi connectivity index (χ3n) is 12.0. The van der Waals surface area contributed by atoms with E-state index in [4.69, 9.17) is 42.2 Å². The molecule has 4 fully saturated rings. The van der Waals surface area contributed by atoms with Crippen molar-refractivity contribution in [2.45, 2.75) is 152 Å². The van der Waals surface area contributed by atoms with Gasteiger partial charge in [0.15, 0.2) is 11.7 Å². The summed E-state index contributed by atoms with van der Waals surface area (Å²) in [6.45, 7) is 10.0. The van der Waals surface area contributed by atoms with Gasteiger partial charge in [-0.2, -0.15) is 0 Å². The van der Waals surface area contributed by atoms with Crippen molar-refractivity contribution in [1.29, 1.82) is 0 Å². The molecule has 0 aromatic carbocycles. The molecule has 0 radical (unpaired) electrons. The van der Waals surface area contributed by atoms with Crippen LogP contribution in [0.25, 0.3) is 12.2 Å². The normalized spacial score (nSPS) is 39.5. The van der Waals surface area contributed by atoms with E-state index in [1.54, 1.807) is 19.4 Å². The maximum atomic E-state index is 13.4. The van der Waals surface area contributed by atoms with Gasteiger partial charge >= 0.3 is 5.97 Å². The minimum atomic E-state index is -1.60. The Bertz CT molecular complexity index is 1770. The SMILES string of the molecule is C=C1C[C@@H]2C[C@@H]3C[C@@H](O)C[C@@H](O3)c3coc(n3)/C=C/C[C@H]3O[C@@H](/C(C)=C/c4coc(C[C@]5(O)C[C@H](OC)C[C@H](CO)O5)n4)[C@H](C)[C@@H](OC(=O)/C=C\C[C@@H](C1)O2)[C@H]3C. The van der Waals surface area contributed by atoms with Crippen LogP contribution in [0.2, 0.25) is 0 Å². The molecule has 5 aliphatic heterocycles. The molecule has 8 bridgehead atoms. The Morgan fingerprint density at radius 1 is 0.982 bits per heavy atom. The Morgan fingerprint density at radius 2 is 1.79 bits per heavy atom. The molecule has 5 aliphatic rings. The Morgan fingerprint density at radius 3 is 2.60 bits per heavy atom. The van der Waals surface area contributed by atoms with Gasteiger partial charge in [-0.25, -0.2) is 14.8 Å². The number of nitrogens with zero attached hydrogens (tertiary/aromatic N) is 2. The van der Waals surface area contributed by atoms with Crippen molar-refractivity contribution < 1.29 is 57.4 Å². The van der Waals surface area contributed by atoms with E-state index in [2.05, 4.69) is 11.6 Å². The molecular formula is C43H58N2O12. The van der Waals surface area contributed by atoms with Crippen molar-refractivity contribution in [2.75, 3.05) is 13.7 Å². The maximum Gasteiger partial charge on any atom is 0.330 e. The van der Waals surface area contributed by atoms with Gasteiger partial charge in [0.05, 0.1) is 61.9 Å². The van der Waals surface area contributed by atoms with Crippen molar-refractivity contribution in [3.63, 3.8) is 0 Å². The Hall–Kier alpha value is -3.47. The van der Waals surface area contributed by atoms with Crippen LogP contribution in [0.5, 0.6) is 0 Å². The summed E-state index contributed by atoms with van der Waals surface area (Å²) in [5, 5.41) is 31.7. The molecule has 2 aromatic heterocycles. The van der Waals surface area contributed by atoms with Crippen molar-refractivity contribution in [3.05, 3.63) is 71.6 Å². The molecule has 57 heavy (non-hydrogen) atoms. The summed E-state index contributed by atoms with van der Waals surface area (Å²) < 4.78 is 48.8. The average molecular weight is 795 g/mol. The highest BCUT2D eigenvalue weighted by atomic mass is 16.6. The van der Waals surface area contributed by atoms with Crippen molar-refractivity contribution >= 4 is 18.1 Å². The predicted octanol–water partition coefficient (Wildman–Crippen LogP) is 5.57. The minimum absolute atomic E-state index is 0.0194. The monoisotopic (exact) mass is 794 g/mol. The quantitative estimate of drug-likeness (QED) is 0.243. The van der Waals surface area contributed by atoms with Crippen LogP contribution in [0, 0.1) is 11.8 Å². The number of carbonyl (C=O) groups is 1. The average Bonchev–Trinajstić information content (AvgIpc) is 3.82. The van der Waals surface area contributed by atoms with Gasteiger partial charge in [0.25, 0.3) is 0 Å². The van der Waals surface area contributed by atoms with Crippen LogP contribution in [-0.2, 0) is 39.6 Å². The molecule has 7 heterocycles. The highest BCUT2D eigenvalue weighted by Crippen LogP contribution is 2.39.